The molecule has 0 fully saturated rings. The van der Waals surface area contributed by atoms with Gasteiger partial charge in [-0.2, -0.15) is 0 Å². The van der Waals surface area contributed by atoms with Gasteiger partial charge in [-0.3, -0.25) is 0 Å². The quantitative estimate of drug-likeness (QED) is 0.729. The van der Waals surface area contributed by atoms with E-state index in [2.05, 4.69) is 48.3 Å². The fourth-order valence-corrected chi connectivity index (χ4v) is 1.73. The summed E-state index contributed by atoms with van der Waals surface area (Å²) in [6.45, 7) is 3.64. The van der Waals surface area contributed by atoms with Crippen molar-refractivity contribution in [2.45, 2.75) is 12.8 Å². The number of benzene rings is 1. The van der Waals surface area contributed by atoms with Crippen LogP contribution < -0.4 is 5.32 Å². The van der Waals surface area contributed by atoms with Crippen LogP contribution in [0.25, 0.3) is 0 Å². The smallest absolute Gasteiger partial charge is 0.0418 e. The van der Waals surface area contributed by atoms with Crippen molar-refractivity contribution in [3.05, 3.63) is 66.4 Å². The molecule has 1 nitrogen and oxygen atoms in total. The van der Waals surface area contributed by atoms with Gasteiger partial charge in [0.15, 0.2) is 0 Å². The standard InChI is InChI=1S/C14H15N/c1-2-3-4-5-9-13-11-12-8-6-7-10-14(12)15-13/h2-4,6-10,15H,1,5,11H2/b4-3-,13-9+. The third kappa shape index (κ3) is 2.38. The Labute approximate surface area is 90.8 Å². The third-order valence-electron chi connectivity index (χ3n) is 2.47. The van der Waals surface area contributed by atoms with Crippen molar-refractivity contribution in [3.63, 3.8) is 0 Å². The fourth-order valence-electron chi connectivity index (χ4n) is 1.73. The van der Waals surface area contributed by atoms with Gasteiger partial charge in [-0.05, 0) is 18.1 Å². The predicted molar refractivity (Wildman–Crippen MR) is 65.8 cm³/mol. The van der Waals surface area contributed by atoms with E-state index in [9.17, 15) is 0 Å². The van der Waals surface area contributed by atoms with Crippen molar-refractivity contribution in [2.24, 2.45) is 0 Å². The van der Waals surface area contributed by atoms with E-state index in [1.54, 1.807) is 6.08 Å². The normalized spacial score (nSPS) is 16.7. The van der Waals surface area contributed by atoms with Gasteiger partial charge in [0.1, 0.15) is 0 Å². The summed E-state index contributed by atoms with van der Waals surface area (Å²) in [5.74, 6) is 0. The third-order valence-corrected chi connectivity index (χ3v) is 2.47. The zero-order valence-electron chi connectivity index (χ0n) is 8.74. The molecule has 0 bridgehead atoms. The number of rotatable bonds is 3. The molecule has 76 valence electrons. The molecule has 0 radical (unpaired) electrons. The Morgan fingerprint density at radius 2 is 2.20 bits per heavy atom. The second-order valence-corrected chi connectivity index (χ2v) is 3.59. The molecule has 1 heteroatoms. The zero-order valence-corrected chi connectivity index (χ0v) is 8.74. The molecule has 15 heavy (non-hydrogen) atoms. The van der Waals surface area contributed by atoms with Gasteiger partial charge in [0.2, 0.25) is 0 Å². The molecule has 0 saturated carbocycles. The minimum absolute atomic E-state index is 0.961. The van der Waals surface area contributed by atoms with Crippen LogP contribution in [0.2, 0.25) is 0 Å². The molecular formula is C14H15N. The van der Waals surface area contributed by atoms with Crippen molar-refractivity contribution in [1.82, 2.24) is 0 Å². The molecule has 1 heterocycles. The molecule has 0 unspecified atom stereocenters. The van der Waals surface area contributed by atoms with Gasteiger partial charge in [0.05, 0.1) is 0 Å². The van der Waals surface area contributed by atoms with Gasteiger partial charge >= 0.3 is 0 Å². The van der Waals surface area contributed by atoms with Crippen LogP contribution >= 0.6 is 0 Å². The van der Waals surface area contributed by atoms with E-state index in [0.717, 1.165) is 12.8 Å². The molecule has 0 aliphatic carbocycles. The van der Waals surface area contributed by atoms with Gasteiger partial charge in [-0.15, -0.1) is 0 Å². The zero-order chi connectivity index (χ0) is 10.5. The molecule has 0 amide bonds. The molecule has 0 saturated heterocycles. The van der Waals surface area contributed by atoms with Gasteiger partial charge < -0.3 is 5.32 Å². The summed E-state index contributed by atoms with van der Waals surface area (Å²) in [7, 11) is 0. The molecule has 1 aromatic rings. The molecule has 1 N–H and O–H groups in total. The van der Waals surface area contributed by atoms with Crippen molar-refractivity contribution >= 4 is 5.69 Å². The Balaban J connectivity index is 2.00. The Morgan fingerprint density at radius 3 is 3.00 bits per heavy atom. The van der Waals surface area contributed by atoms with Crippen LogP contribution in [0.3, 0.4) is 0 Å². The van der Waals surface area contributed by atoms with Crippen LogP contribution in [-0.4, -0.2) is 0 Å². The maximum Gasteiger partial charge on any atom is 0.0418 e. The monoisotopic (exact) mass is 197 g/mol. The Kier molecular flexibility index (Phi) is 3.03. The van der Waals surface area contributed by atoms with Crippen LogP contribution in [0, 0.1) is 0 Å². The van der Waals surface area contributed by atoms with Gasteiger partial charge in [-0.1, -0.05) is 49.1 Å². The summed E-state index contributed by atoms with van der Waals surface area (Å²) in [6, 6.07) is 8.44. The lowest BCUT2D eigenvalue weighted by molar-refractivity contribution is 1.20. The molecule has 0 aromatic heterocycles. The van der Waals surface area contributed by atoms with E-state index >= 15 is 0 Å². The number of nitrogens with one attached hydrogen (secondary N) is 1. The molecule has 0 spiro atoms. The Bertz CT molecular complexity index is 386. The van der Waals surface area contributed by atoms with E-state index in [1.165, 1.54) is 16.9 Å². The van der Waals surface area contributed by atoms with Crippen molar-refractivity contribution in [3.8, 4) is 0 Å². The van der Waals surface area contributed by atoms with Crippen LogP contribution in [0.1, 0.15) is 12.0 Å². The highest BCUT2D eigenvalue weighted by Gasteiger charge is 2.12. The summed E-state index contributed by atoms with van der Waals surface area (Å²) in [5, 5.41) is 3.41. The number of fused-ring (bicyclic) bond motifs is 1. The average molecular weight is 197 g/mol. The first-order valence-electron chi connectivity index (χ1n) is 5.21. The summed E-state index contributed by atoms with van der Waals surface area (Å²) in [4.78, 5) is 0. The summed E-state index contributed by atoms with van der Waals surface area (Å²) < 4.78 is 0. The van der Waals surface area contributed by atoms with Crippen molar-refractivity contribution < 1.29 is 0 Å². The number of anilines is 1. The first kappa shape index (κ1) is 9.78. The van der Waals surface area contributed by atoms with Gasteiger partial charge in [0, 0.05) is 17.8 Å². The van der Waals surface area contributed by atoms with Crippen LogP contribution in [0.5, 0.6) is 0 Å². The Hall–Kier alpha value is -1.76. The first-order chi connectivity index (χ1) is 7.40. The van der Waals surface area contributed by atoms with E-state index in [4.69, 9.17) is 0 Å². The van der Waals surface area contributed by atoms with E-state index in [0.29, 0.717) is 0 Å². The number of para-hydroxylation sites is 1. The second kappa shape index (κ2) is 4.65. The first-order valence-corrected chi connectivity index (χ1v) is 5.21. The maximum absolute atomic E-state index is 3.64. The van der Waals surface area contributed by atoms with Gasteiger partial charge in [-0.25, -0.2) is 0 Å². The number of allylic oxidation sites excluding steroid dienone is 5. The molecular weight excluding hydrogens is 182 g/mol. The van der Waals surface area contributed by atoms with Crippen molar-refractivity contribution in [1.29, 1.82) is 0 Å². The highest BCUT2D eigenvalue weighted by atomic mass is 14.9. The topological polar surface area (TPSA) is 12.0 Å². The fraction of sp³-hybridized carbons (Fsp3) is 0.143. The molecule has 1 aromatic carbocycles. The minimum Gasteiger partial charge on any atom is -0.359 e. The van der Waals surface area contributed by atoms with Crippen LogP contribution in [0.15, 0.2) is 60.8 Å². The number of hydrogen-bond donors (Lipinski definition) is 1. The molecule has 2 rings (SSSR count). The predicted octanol–water partition coefficient (Wildman–Crippen LogP) is 3.67. The highest BCUT2D eigenvalue weighted by Crippen LogP contribution is 2.27. The lowest BCUT2D eigenvalue weighted by atomic mass is 10.1. The largest absolute Gasteiger partial charge is 0.359 e. The lowest BCUT2D eigenvalue weighted by Gasteiger charge is -1.97. The second-order valence-electron chi connectivity index (χ2n) is 3.59. The lowest BCUT2D eigenvalue weighted by Crippen LogP contribution is -1.90. The Morgan fingerprint density at radius 1 is 1.33 bits per heavy atom. The van der Waals surface area contributed by atoms with Crippen molar-refractivity contribution in [2.75, 3.05) is 5.32 Å². The van der Waals surface area contributed by atoms with E-state index < -0.39 is 0 Å². The molecule has 1 aliphatic heterocycles. The van der Waals surface area contributed by atoms with E-state index in [1.807, 2.05) is 6.08 Å². The summed E-state index contributed by atoms with van der Waals surface area (Å²) in [5.41, 5.74) is 3.93. The number of hydrogen-bond acceptors (Lipinski definition) is 1. The SMILES string of the molecule is C=C/C=C\C/C=C1\Cc2ccccc2N1. The maximum atomic E-state index is 3.64. The van der Waals surface area contributed by atoms with Gasteiger partial charge in [0.25, 0.3) is 0 Å². The summed E-state index contributed by atoms with van der Waals surface area (Å²) in [6.07, 6.45) is 10.1. The molecule has 0 atom stereocenters. The van der Waals surface area contributed by atoms with Crippen LogP contribution in [-0.2, 0) is 6.42 Å². The molecule has 1 aliphatic rings. The highest BCUT2D eigenvalue weighted by molar-refractivity contribution is 5.61. The minimum atomic E-state index is 0.961. The van der Waals surface area contributed by atoms with E-state index in [-0.39, 0.29) is 0 Å². The summed E-state index contributed by atoms with van der Waals surface area (Å²) >= 11 is 0. The average Bonchev–Trinajstić information content (AvgIpc) is 2.67. The van der Waals surface area contributed by atoms with Crippen LogP contribution in [0.4, 0.5) is 5.69 Å².